The zero-order valence-corrected chi connectivity index (χ0v) is 9.32. The highest BCUT2D eigenvalue weighted by Crippen LogP contribution is 2.17. The van der Waals surface area contributed by atoms with E-state index in [1.807, 2.05) is 0 Å². The van der Waals surface area contributed by atoms with Crippen LogP contribution in [0.2, 0.25) is 0 Å². The lowest BCUT2D eigenvalue weighted by Crippen LogP contribution is -2.43. The molecule has 0 spiro atoms. The third-order valence-electron chi connectivity index (χ3n) is 3.10. The summed E-state index contributed by atoms with van der Waals surface area (Å²) in [6.45, 7) is 5.77. The lowest BCUT2D eigenvalue weighted by molar-refractivity contribution is 0.323. The Morgan fingerprint density at radius 3 is 2.77 bits per heavy atom. The number of nitrogens with one attached hydrogen (secondary N) is 2. The van der Waals surface area contributed by atoms with Gasteiger partial charge in [0.15, 0.2) is 0 Å². The minimum absolute atomic E-state index is 0.280. The van der Waals surface area contributed by atoms with Crippen LogP contribution in [-0.2, 0) is 0 Å². The Balaban J connectivity index is 2.33. The van der Waals surface area contributed by atoms with Crippen LogP contribution in [0.1, 0.15) is 46.0 Å². The van der Waals surface area contributed by atoms with E-state index in [0.717, 1.165) is 6.04 Å². The highest BCUT2D eigenvalue weighted by molar-refractivity contribution is 4.83. The van der Waals surface area contributed by atoms with E-state index in [0.29, 0.717) is 0 Å². The van der Waals surface area contributed by atoms with Gasteiger partial charge in [0.1, 0.15) is 0 Å². The molecule has 2 N–H and O–H groups in total. The van der Waals surface area contributed by atoms with Gasteiger partial charge in [-0.25, -0.2) is 0 Å². The van der Waals surface area contributed by atoms with Crippen molar-refractivity contribution in [2.75, 3.05) is 13.6 Å². The summed E-state index contributed by atoms with van der Waals surface area (Å²) < 4.78 is 0. The van der Waals surface area contributed by atoms with Crippen LogP contribution in [0.25, 0.3) is 0 Å². The SMILES string of the molecule is CNC(C)(C)CC1CCCCCN1. The molecule has 1 rings (SSSR count). The van der Waals surface area contributed by atoms with Gasteiger partial charge >= 0.3 is 0 Å². The van der Waals surface area contributed by atoms with Gasteiger partial charge in [-0.3, -0.25) is 0 Å². The smallest absolute Gasteiger partial charge is 0.0136 e. The van der Waals surface area contributed by atoms with Crippen LogP contribution in [0, 0.1) is 0 Å². The van der Waals surface area contributed by atoms with Crippen LogP contribution in [0.15, 0.2) is 0 Å². The molecule has 1 aliphatic rings. The zero-order valence-electron chi connectivity index (χ0n) is 9.32. The van der Waals surface area contributed by atoms with Crippen molar-refractivity contribution in [1.82, 2.24) is 10.6 Å². The minimum atomic E-state index is 0.280. The number of hydrogen-bond donors (Lipinski definition) is 2. The highest BCUT2D eigenvalue weighted by atomic mass is 15.0. The third-order valence-corrected chi connectivity index (χ3v) is 3.10. The van der Waals surface area contributed by atoms with Gasteiger partial charge in [0.2, 0.25) is 0 Å². The van der Waals surface area contributed by atoms with Crippen molar-refractivity contribution in [3.63, 3.8) is 0 Å². The van der Waals surface area contributed by atoms with Crippen molar-refractivity contribution in [3.8, 4) is 0 Å². The van der Waals surface area contributed by atoms with Crippen molar-refractivity contribution in [2.24, 2.45) is 0 Å². The van der Waals surface area contributed by atoms with Gasteiger partial charge in [-0.15, -0.1) is 0 Å². The van der Waals surface area contributed by atoms with Crippen molar-refractivity contribution in [1.29, 1.82) is 0 Å². The summed E-state index contributed by atoms with van der Waals surface area (Å²) in [5.41, 5.74) is 0.280. The fourth-order valence-electron chi connectivity index (χ4n) is 1.99. The molecule has 0 bridgehead atoms. The molecule has 0 saturated carbocycles. The Morgan fingerprint density at radius 1 is 1.31 bits per heavy atom. The van der Waals surface area contributed by atoms with Crippen molar-refractivity contribution in [2.45, 2.75) is 57.5 Å². The van der Waals surface area contributed by atoms with E-state index < -0.39 is 0 Å². The quantitative estimate of drug-likeness (QED) is 0.700. The molecule has 2 heteroatoms. The standard InChI is InChI=1S/C11H24N2/c1-11(2,12-3)9-10-7-5-4-6-8-13-10/h10,12-13H,4-9H2,1-3H3. The van der Waals surface area contributed by atoms with E-state index in [4.69, 9.17) is 0 Å². The Kier molecular flexibility index (Phi) is 4.20. The predicted octanol–water partition coefficient (Wildman–Crippen LogP) is 1.91. The monoisotopic (exact) mass is 184 g/mol. The van der Waals surface area contributed by atoms with Gasteiger partial charge in [0, 0.05) is 11.6 Å². The molecule has 0 aromatic carbocycles. The van der Waals surface area contributed by atoms with Gasteiger partial charge in [-0.1, -0.05) is 12.8 Å². The van der Waals surface area contributed by atoms with Crippen molar-refractivity contribution < 1.29 is 0 Å². The predicted molar refractivity (Wildman–Crippen MR) is 58.0 cm³/mol. The summed E-state index contributed by atoms with van der Waals surface area (Å²) in [7, 11) is 2.05. The molecule has 1 fully saturated rings. The lowest BCUT2D eigenvalue weighted by Gasteiger charge is -2.29. The Labute approximate surface area is 82.5 Å². The van der Waals surface area contributed by atoms with Crippen LogP contribution >= 0.6 is 0 Å². The van der Waals surface area contributed by atoms with Gasteiger partial charge in [-0.2, -0.15) is 0 Å². The zero-order chi connectivity index (χ0) is 9.73. The third kappa shape index (κ3) is 4.10. The van der Waals surface area contributed by atoms with Gasteiger partial charge < -0.3 is 10.6 Å². The first-order valence-corrected chi connectivity index (χ1v) is 5.56. The second kappa shape index (κ2) is 4.97. The van der Waals surface area contributed by atoms with Crippen LogP contribution in [-0.4, -0.2) is 25.2 Å². The van der Waals surface area contributed by atoms with E-state index in [-0.39, 0.29) is 5.54 Å². The molecule has 13 heavy (non-hydrogen) atoms. The average Bonchev–Trinajstić information content (AvgIpc) is 2.32. The summed E-state index contributed by atoms with van der Waals surface area (Å²) in [5, 5.41) is 7.00. The molecule has 2 nitrogen and oxygen atoms in total. The van der Waals surface area contributed by atoms with Crippen LogP contribution < -0.4 is 10.6 Å². The normalized spacial score (nSPS) is 25.6. The summed E-state index contributed by atoms with van der Waals surface area (Å²) in [6.07, 6.45) is 6.76. The maximum Gasteiger partial charge on any atom is 0.0136 e. The molecule has 0 aromatic rings. The van der Waals surface area contributed by atoms with E-state index in [2.05, 4.69) is 31.5 Å². The maximum atomic E-state index is 3.63. The summed E-state index contributed by atoms with van der Waals surface area (Å²) in [5.74, 6) is 0. The highest BCUT2D eigenvalue weighted by Gasteiger charge is 2.21. The largest absolute Gasteiger partial charge is 0.315 e. The molecule has 0 radical (unpaired) electrons. The molecular weight excluding hydrogens is 160 g/mol. The van der Waals surface area contributed by atoms with Crippen LogP contribution in [0.4, 0.5) is 0 Å². The van der Waals surface area contributed by atoms with E-state index in [1.54, 1.807) is 0 Å². The Morgan fingerprint density at radius 2 is 2.08 bits per heavy atom. The summed E-state index contributed by atoms with van der Waals surface area (Å²) in [6, 6.07) is 0.727. The molecule has 1 saturated heterocycles. The number of hydrogen-bond acceptors (Lipinski definition) is 2. The van der Waals surface area contributed by atoms with Gasteiger partial charge in [0.05, 0.1) is 0 Å². The average molecular weight is 184 g/mol. The van der Waals surface area contributed by atoms with E-state index >= 15 is 0 Å². The van der Waals surface area contributed by atoms with Crippen molar-refractivity contribution in [3.05, 3.63) is 0 Å². The van der Waals surface area contributed by atoms with Gasteiger partial charge in [-0.05, 0) is 46.7 Å². The van der Waals surface area contributed by atoms with Crippen molar-refractivity contribution >= 4 is 0 Å². The molecule has 0 aromatic heterocycles. The maximum absolute atomic E-state index is 3.63. The number of rotatable bonds is 3. The Bertz CT molecular complexity index is 135. The second-order valence-electron chi connectivity index (χ2n) is 4.84. The van der Waals surface area contributed by atoms with Crippen LogP contribution in [0.3, 0.4) is 0 Å². The van der Waals surface area contributed by atoms with Crippen LogP contribution in [0.5, 0.6) is 0 Å². The van der Waals surface area contributed by atoms with E-state index in [9.17, 15) is 0 Å². The fourth-order valence-corrected chi connectivity index (χ4v) is 1.99. The molecule has 1 aliphatic heterocycles. The minimum Gasteiger partial charge on any atom is -0.315 e. The molecule has 78 valence electrons. The first kappa shape index (κ1) is 11.0. The molecule has 0 aliphatic carbocycles. The first-order valence-electron chi connectivity index (χ1n) is 5.56. The summed E-state index contributed by atoms with van der Waals surface area (Å²) in [4.78, 5) is 0. The second-order valence-corrected chi connectivity index (χ2v) is 4.84. The molecule has 0 amide bonds. The molecular formula is C11H24N2. The Hall–Kier alpha value is -0.0800. The van der Waals surface area contributed by atoms with E-state index in [1.165, 1.54) is 38.6 Å². The summed E-state index contributed by atoms with van der Waals surface area (Å²) >= 11 is 0. The topological polar surface area (TPSA) is 24.1 Å². The van der Waals surface area contributed by atoms with Gasteiger partial charge in [0.25, 0.3) is 0 Å². The molecule has 1 heterocycles. The fraction of sp³-hybridized carbons (Fsp3) is 1.00. The molecule has 1 unspecified atom stereocenters. The first-order chi connectivity index (χ1) is 6.14. The lowest BCUT2D eigenvalue weighted by atomic mass is 9.93. The molecule has 1 atom stereocenters.